The predicted octanol–water partition coefficient (Wildman–Crippen LogP) is 5.00. The van der Waals surface area contributed by atoms with Crippen LogP contribution in [0.4, 0.5) is 13.2 Å². The van der Waals surface area contributed by atoms with E-state index in [1.54, 1.807) is 0 Å². The molecule has 0 aliphatic heterocycles. The molecule has 0 saturated heterocycles. The summed E-state index contributed by atoms with van der Waals surface area (Å²) in [7, 11) is 0. The van der Waals surface area contributed by atoms with Crippen molar-refractivity contribution in [1.82, 2.24) is 15.3 Å². The Morgan fingerprint density at radius 1 is 0.909 bits per heavy atom. The first-order valence-electron chi connectivity index (χ1n) is 9.44. The highest BCUT2D eigenvalue weighted by atomic mass is 35.5. The molecule has 2 N–H and O–H groups in total. The molecular weight excluding hydrogens is 459 g/mol. The number of carboxylic acid groups (broad SMARTS) is 1. The zero-order valence-electron chi connectivity index (χ0n) is 16.6. The third kappa shape index (κ3) is 4.49. The zero-order chi connectivity index (χ0) is 23.7. The number of carboxylic acids is 1. The molecule has 2 heterocycles. The van der Waals surface area contributed by atoms with E-state index in [0.29, 0.717) is 23.2 Å². The minimum Gasteiger partial charge on any atom is -0.478 e. The van der Waals surface area contributed by atoms with Crippen LogP contribution in [-0.4, -0.2) is 27.0 Å². The Hall–Kier alpha value is -3.98. The number of rotatable bonds is 5. The van der Waals surface area contributed by atoms with E-state index in [2.05, 4.69) is 15.3 Å². The number of carbonyl (C=O) groups excluding carboxylic acids is 1. The van der Waals surface area contributed by atoms with Crippen LogP contribution in [0.3, 0.4) is 0 Å². The monoisotopic (exact) mass is 471 g/mol. The molecule has 0 spiro atoms. The molecule has 0 saturated carbocycles. The number of amides is 1. The molecule has 0 fully saturated rings. The lowest BCUT2D eigenvalue weighted by Gasteiger charge is -2.11. The highest BCUT2D eigenvalue weighted by molar-refractivity contribution is 6.35. The van der Waals surface area contributed by atoms with E-state index in [0.717, 1.165) is 0 Å². The maximum Gasteiger partial charge on any atom is 0.337 e. The molecule has 0 aliphatic carbocycles. The molecule has 2 aromatic carbocycles. The molecule has 2 aromatic heterocycles. The van der Waals surface area contributed by atoms with E-state index in [1.807, 2.05) is 0 Å². The van der Waals surface area contributed by atoms with Gasteiger partial charge >= 0.3 is 5.97 Å². The minimum atomic E-state index is -1.14. The van der Waals surface area contributed by atoms with Gasteiger partial charge in [-0.15, -0.1) is 0 Å². The van der Waals surface area contributed by atoms with Crippen molar-refractivity contribution in [2.75, 3.05) is 0 Å². The molecule has 4 aromatic rings. The van der Waals surface area contributed by atoms with Gasteiger partial charge in [0, 0.05) is 40.9 Å². The molecule has 10 heteroatoms. The van der Waals surface area contributed by atoms with Gasteiger partial charge in [-0.1, -0.05) is 17.7 Å². The van der Waals surface area contributed by atoms with Gasteiger partial charge in [-0.2, -0.15) is 0 Å². The quantitative estimate of drug-likeness (QED) is 0.427. The summed E-state index contributed by atoms with van der Waals surface area (Å²) in [4.78, 5) is 31.5. The summed E-state index contributed by atoms with van der Waals surface area (Å²) < 4.78 is 42.1. The van der Waals surface area contributed by atoms with Gasteiger partial charge in [0.05, 0.1) is 34.1 Å². The summed E-state index contributed by atoms with van der Waals surface area (Å²) in [5, 5.41) is 12.3. The van der Waals surface area contributed by atoms with Gasteiger partial charge in [-0.25, -0.2) is 18.0 Å². The summed E-state index contributed by atoms with van der Waals surface area (Å²) in [5.74, 6) is -5.00. The van der Waals surface area contributed by atoms with Crippen LogP contribution in [0.25, 0.3) is 22.0 Å². The number of nitrogens with zero attached hydrogens (tertiary/aromatic N) is 2. The number of pyridine rings is 2. The van der Waals surface area contributed by atoms with Crippen molar-refractivity contribution in [3.8, 4) is 11.3 Å². The Morgan fingerprint density at radius 3 is 2.24 bits per heavy atom. The molecule has 0 radical (unpaired) electrons. The van der Waals surface area contributed by atoms with E-state index in [1.165, 1.54) is 42.7 Å². The maximum absolute atomic E-state index is 14.4. The van der Waals surface area contributed by atoms with Crippen molar-refractivity contribution < 1.29 is 27.9 Å². The van der Waals surface area contributed by atoms with E-state index in [9.17, 15) is 22.8 Å². The van der Waals surface area contributed by atoms with Crippen LogP contribution in [0.5, 0.6) is 0 Å². The van der Waals surface area contributed by atoms with Gasteiger partial charge < -0.3 is 10.4 Å². The van der Waals surface area contributed by atoms with E-state index in [-0.39, 0.29) is 33.8 Å². The van der Waals surface area contributed by atoms with Gasteiger partial charge in [0.1, 0.15) is 17.5 Å². The highest BCUT2D eigenvalue weighted by Gasteiger charge is 2.19. The number of aromatic nitrogens is 2. The number of benzene rings is 2. The number of aromatic carboxylic acids is 1. The minimum absolute atomic E-state index is 0.0109. The maximum atomic E-state index is 14.4. The van der Waals surface area contributed by atoms with E-state index in [4.69, 9.17) is 16.7 Å². The van der Waals surface area contributed by atoms with Crippen molar-refractivity contribution in [1.29, 1.82) is 0 Å². The van der Waals surface area contributed by atoms with Gasteiger partial charge in [-0.3, -0.25) is 14.8 Å². The summed E-state index contributed by atoms with van der Waals surface area (Å²) in [5.41, 5.74) is -0.0898. The van der Waals surface area contributed by atoms with Crippen molar-refractivity contribution >= 4 is 34.2 Å². The molecule has 0 atom stereocenters. The lowest BCUT2D eigenvalue weighted by atomic mass is 10.0. The third-order valence-electron chi connectivity index (χ3n) is 4.85. The Balaban J connectivity index is 1.68. The molecule has 0 bridgehead atoms. The lowest BCUT2D eigenvalue weighted by Crippen LogP contribution is -2.23. The summed E-state index contributed by atoms with van der Waals surface area (Å²) in [6.07, 6.45) is 2.39. The summed E-state index contributed by atoms with van der Waals surface area (Å²) >= 11 is 6.17. The molecule has 1 amide bonds. The fourth-order valence-corrected chi connectivity index (χ4v) is 3.46. The van der Waals surface area contributed by atoms with Crippen LogP contribution >= 0.6 is 11.6 Å². The SMILES string of the molecule is O=C(O)c1ccc(CNC(=O)c2ccc3c(Cl)cnc(-c4c(F)cc(F)cc4F)c3c2)nc1. The number of carbonyl (C=O) groups is 2. The smallest absolute Gasteiger partial charge is 0.337 e. The molecule has 166 valence electrons. The Kier molecular flexibility index (Phi) is 5.97. The second kappa shape index (κ2) is 8.87. The molecule has 0 unspecified atom stereocenters. The average molecular weight is 472 g/mol. The standard InChI is InChI=1S/C23H13ClF3N3O3/c24-17-10-29-21(20-18(26)6-13(25)7-19(20)27)16-5-11(2-4-15(16)17)22(31)30-9-14-3-1-12(8-28-14)23(32)33/h1-8,10H,9H2,(H,30,31)(H,32,33). The molecule has 33 heavy (non-hydrogen) atoms. The van der Waals surface area contributed by atoms with Gasteiger partial charge in [0.15, 0.2) is 0 Å². The first-order chi connectivity index (χ1) is 15.7. The van der Waals surface area contributed by atoms with Crippen LogP contribution in [0.15, 0.2) is 54.9 Å². The van der Waals surface area contributed by atoms with E-state index < -0.39 is 34.9 Å². The number of nitrogens with one attached hydrogen (secondary N) is 1. The van der Waals surface area contributed by atoms with Crippen LogP contribution < -0.4 is 5.32 Å². The topological polar surface area (TPSA) is 92.2 Å². The molecule has 4 rings (SSSR count). The first kappa shape index (κ1) is 22.2. The normalized spacial score (nSPS) is 10.9. The predicted molar refractivity (Wildman–Crippen MR) is 114 cm³/mol. The lowest BCUT2D eigenvalue weighted by molar-refractivity contribution is 0.0696. The van der Waals surface area contributed by atoms with Crippen LogP contribution in [0.2, 0.25) is 5.02 Å². The van der Waals surface area contributed by atoms with Crippen LogP contribution in [0.1, 0.15) is 26.4 Å². The Labute approximate surface area is 189 Å². The molecular formula is C23H13ClF3N3O3. The number of halogens is 4. The summed E-state index contributed by atoms with van der Waals surface area (Å²) in [6.45, 7) is 0.0125. The van der Waals surface area contributed by atoms with Crippen molar-refractivity contribution in [2.24, 2.45) is 0 Å². The molecule has 0 aliphatic rings. The highest BCUT2D eigenvalue weighted by Crippen LogP contribution is 2.34. The molecule has 6 nitrogen and oxygen atoms in total. The van der Waals surface area contributed by atoms with Crippen LogP contribution in [-0.2, 0) is 6.54 Å². The second-order valence-electron chi connectivity index (χ2n) is 6.99. The van der Waals surface area contributed by atoms with Gasteiger partial charge in [-0.05, 0) is 24.3 Å². The number of fused-ring (bicyclic) bond motifs is 1. The van der Waals surface area contributed by atoms with Crippen LogP contribution in [0, 0.1) is 17.5 Å². The fraction of sp³-hybridized carbons (Fsp3) is 0.0435. The van der Waals surface area contributed by atoms with Crippen molar-refractivity contribution in [3.05, 3.63) is 94.2 Å². The average Bonchev–Trinajstić information content (AvgIpc) is 2.78. The Bertz CT molecular complexity index is 1390. The Morgan fingerprint density at radius 2 is 1.61 bits per heavy atom. The third-order valence-corrected chi connectivity index (χ3v) is 5.15. The summed E-state index contributed by atoms with van der Waals surface area (Å²) in [6, 6.07) is 8.27. The second-order valence-corrected chi connectivity index (χ2v) is 7.39. The van der Waals surface area contributed by atoms with E-state index >= 15 is 0 Å². The zero-order valence-corrected chi connectivity index (χ0v) is 17.3. The van der Waals surface area contributed by atoms with Gasteiger partial charge in [0.25, 0.3) is 5.91 Å². The van der Waals surface area contributed by atoms with Crippen molar-refractivity contribution in [2.45, 2.75) is 6.54 Å². The largest absolute Gasteiger partial charge is 0.478 e. The van der Waals surface area contributed by atoms with Crippen molar-refractivity contribution in [3.63, 3.8) is 0 Å². The fourth-order valence-electron chi connectivity index (χ4n) is 3.25. The first-order valence-corrected chi connectivity index (χ1v) is 9.82. The number of hydrogen-bond donors (Lipinski definition) is 2. The number of hydrogen-bond acceptors (Lipinski definition) is 4. The van der Waals surface area contributed by atoms with Gasteiger partial charge in [0.2, 0.25) is 0 Å².